The second kappa shape index (κ2) is 7.23. The van der Waals surface area contributed by atoms with Crippen LogP contribution in [0.2, 0.25) is 0 Å². The second-order valence-corrected chi connectivity index (χ2v) is 5.55. The molecule has 106 valence electrons. The van der Waals surface area contributed by atoms with E-state index in [4.69, 9.17) is 4.98 Å². The van der Waals surface area contributed by atoms with Gasteiger partial charge in [-0.15, -0.1) is 0 Å². The maximum atomic E-state index is 4.85. The molecular formula is C19H25N. The van der Waals surface area contributed by atoms with E-state index in [0.29, 0.717) is 5.92 Å². The third-order valence-electron chi connectivity index (χ3n) is 4.02. The van der Waals surface area contributed by atoms with Gasteiger partial charge in [0.05, 0.1) is 0 Å². The molecule has 1 aromatic heterocycles. The quantitative estimate of drug-likeness (QED) is 0.711. The zero-order valence-corrected chi connectivity index (χ0v) is 12.9. The Hall–Kier alpha value is -1.63. The highest BCUT2D eigenvalue weighted by Crippen LogP contribution is 2.21. The molecule has 1 heteroatoms. The van der Waals surface area contributed by atoms with Crippen molar-refractivity contribution in [3.8, 4) is 0 Å². The average Bonchev–Trinajstić information content (AvgIpc) is 2.48. The van der Waals surface area contributed by atoms with Crippen LogP contribution in [0.4, 0.5) is 0 Å². The molecule has 1 nitrogen and oxygen atoms in total. The minimum Gasteiger partial charge on any atom is -0.258 e. The molecule has 0 amide bonds. The van der Waals surface area contributed by atoms with Gasteiger partial charge in [-0.05, 0) is 50.3 Å². The summed E-state index contributed by atoms with van der Waals surface area (Å²) in [6.07, 6.45) is 4.44. The zero-order chi connectivity index (χ0) is 14.4. The molecule has 20 heavy (non-hydrogen) atoms. The number of hydrogen-bond donors (Lipinski definition) is 0. The first-order valence-corrected chi connectivity index (χ1v) is 7.74. The molecule has 0 spiro atoms. The SMILES string of the molecule is CCC(CC)c1cccc(CCc2ccc(C)cc2)n1. The first kappa shape index (κ1) is 14.8. The van der Waals surface area contributed by atoms with Crippen LogP contribution in [0.5, 0.6) is 0 Å². The van der Waals surface area contributed by atoms with Gasteiger partial charge >= 0.3 is 0 Å². The van der Waals surface area contributed by atoms with E-state index in [1.165, 1.54) is 35.4 Å². The Morgan fingerprint density at radius 3 is 2.25 bits per heavy atom. The molecule has 0 saturated carbocycles. The Labute approximate surface area is 123 Å². The number of aromatic nitrogens is 1. The monoisotopic (exact) mass is 267 g/mol. The fourth-order valence-corrected chi connectivity index (χ4v) is 2.60. The molecule has 0 atom stereocenters. The Bertz CT molecular complexity index is 524. The van der Waals surface area contributed by atoms with Crippen LogP contribution < -0.4 is 0 Å². The number of benzene rings is 1. The molecule has 0 radical (unpaired) electrons. The third-order valence-corrected chi connectivity index (χ3v) is 4.02. The van der Waals surface area contributed by atoms with Crippen molar-refractivity contribution in [1.82, 2.24) is 4.98 Å². The van der Waals surface area contributed by atoms with Crippen molar-refractivity contribution in [2.24, 2.45) is 0 Å². The summed E-state index contributed by atoms with van der Waals surface area (Å²) in [4.78, 5) is 4.85. The van der Waals surface area contributed by atoms with Crippen molar-refractivity contribution in [3.63, 3.8) is 0 Å². The lowest BCUT2D eigenvalue weighted by Crippen LogP contribution is -2.02. The standard InChI is InChI=1S/C19H25N/c1-4-17(5-2)19-8-6-7-18(20-19)14-13-16-11-9-15(3)10-12-16/h6-12,17H,4-5,13-14H2,1-3H3. The molecule has 0 aliphatic heterocycles. The number of pyridine rings is 1. The molecule has 1 aromatic carbocycles. The maximum Gasteiger partial charge on any atom is 0.0437 e. The number of rotatable bonds is 6. The number of nitrogens with zero attached hydrogens (tertiary/aromatic N) is 1. The van der Waals surface area contributed by atoms with Crippen LogP contribution in [-0.2, 0) is 12.8 Å². The lowest BCUT2D eigenvalue weighted by molar-refractivity contribution is 0.619. The molecule has 0 aliphatic rings. The van der Waals surface area contributed by atoms with E-state index < -0.39 is 0 Å². The molecule has 1 heterocycles. The molecule has 0 saturated heterocycles. The Morgan fingerprint density at radius 1 is 0.900 bits per heavy atom. The molecule has 2 rings (SSSR count). The average molecular weight is 267 g/mol. The van der Waals surface area contributed by atoms with Gasteiger partial charge in [-0.3, -0.25) is 4.98 Å². The normalized spacial score (nSPS) is 11.0. The van der Waals surface area contributed by atoms with Gasteiger partial charge in [-0.1, -0.05) is 49.7 Å². The van der Waals surface area contributed by atoms with Crippen LogP contribution in [-0.4, -0.2) is 4.98 Å². The number of hydrogen-bond acceptors (Lipinski definition) is 1. The molecule has 0 N–H and O–H groups in total. The largest absolute Gasteiger partial charge is 0.258 e. The van der Waals surface area contributed by atoms with Crippen LogP contribution in [0, 0.1) is 6.92 Å². The van der Waals surface area contributed by atoms with E-state index in [1.54, 1.807) is 0 Å². The van der Waals surface area contributed by atoms with E-state index in [-0.39, 0.29) is 0 Å². The minimum absolute atomic E-state index is 0.606. The topological polar surface area (TPSA) is 12.9 Å². The summed E-state index contributed by atoms with van der Waals surface area (Å²) in [6.45, 7) is 6.62. The highest BCUT2D eigenvalue weighted by molar-refractivity contribution is 5.23. The Balaban J connectivity index is 2.02. The first-order chi connectivity index (χ1) is 9.72. The molecule has 0 aliphatic carbocycles. The Kier molecular flexibility index (Phi) is 5.34. The van der Waals surface area contributed by atoms with Crippen molar-refractivity contribution in [1.29, 1.82) is 0 Å². The van der Waals surface area contributed by atoms with E-state index in [9.17, 15) is 0 Å². The summed E-state index contributed by atoms with van der Waals surface area (Å²) in [5, 5.41) is 0. The van der Waals surface area contributed by atoms with Crippen molar-refractivity contribution in [2.75, 3.05) is 0 Å². The summed E-state index contributed by atoms with van der Waals surface area (Å²) >= 11 is 0. The van der Waals surface area contributed by atoms with Gasteiger partial charge in [-0.2, -0.15) is 0 Å². The first-order valence-electron chi connectivity index (χ1n) is 7.74. The van der Waals surface area contributed by atoms with E-state index in [0.717, 1.165) is 12.8 Å². The van der Waals surface area contributed by atoms with Crippen molar-refractivity contribution in [3.05, 3.63) is 65.0 Å². The van der Waals surface area contributed by atoms with E-state index in [1.807, 2.05) is 0 Å². The van der Waals surface area contributed by atoms with Gasteiger partial charge in [0, 0.05) is 17.3 Å². The summed E-state index contributed by atoms with van der Waals surface area (Å²) < 4.78 is 0. The highest BCUT2D eigenvalue weighted by atomic mass is 14.7. The summed E-state index contributed by atoms with van der Waals surface area (Å²) in [7, 11) is 0. The molecule has 0 fully saturated rings. The zero-order valence-electron chi connectivity index (χ0n) is 12.9. The van der Waals surface area contributed by atoms with Crippen LogP contribution in [0.1, 0.15) is 55.1 Å². The summed E-state index contributed by atoms with van der Waals surface area (Å²) in [6, 6.07) is 15.3. The maximum absolute atomic E-state index is 4.85. The van der Waals surface area contributed by atoms with Crippen molar-refractivity contribution < 1.29 is 0 Å². The van der Waals surface area contributed by atoms with Crippen LogP contribution in [0.15, 0.2) is 42.5 Å². The smallest absolute Gasteiger partial charge is 0.0437 e. The fraction of sp³-hybridized carbons (Fsp3) is 0.421. The van der Waals surface area contributed by atoms with Gasteiger partial charge in [0.2, 0.25) is 0 Å². The van der Waals surface area contributed by atoms with Crippen molar-refractivity contribution in [2.45, 2.75) is 52.4 Å². The van der Waals surface area contributed by atoms with Crippen molar-refractivity contribution >= 4 is 0 Å². The van der Waals surface area contributed by atoms with Gasteiger partial charge < -0.3 is 0 Å². The molecule has 0 unspecified atom stereocenters. The predicted molar refractivity (Wildman–Crippen MR) is 86.1 cm³/mol. The lowest BCUT2D eigenvalue weighted by Gasteiger charge is -2.12. The highest BCUT2D eigenvalue weighted by Gasteiger charge is 2.08. The molecule has 0 bridgehead atoms. The second-order valence-electron chi connectivity index (χ2n) is 5.55. The van der Waals surface area contributed by atoms with Gasteiger partial charge in [0.25, 0.3) is 0 Å². The van der Waals surface area contributed by atoms with E-state index >= 15 is 0 Å². The molecular weight excluding hydrogens is 242 g/mol. The number of aryl methyl sites for hydroxylation is 3. The Morgan fingerprint density at radius 2 is 1.60 bits per heavy atom. The lowest BCUT2D eigenvalue weighted by atomic mass is 9.98. The van der Waals surface area contributed by atoms with Gasteiger partial charge in [0.15, 0.2) is 0 Å². The minimum atomic E-state index is 0.606. The van der Waals surface area contributed by atoms with Gasteiger partial charge in [-0.25, -0.2) is 0 Å². The van der Waals surface area contributed by atoms with E-state index in [2.05, 4.69) is 63.2 Å². The molecule has 2 aromatic rings. The fourth-order valence-electron chi connectivity index (χ4n) is 2.60. The summed E-state index contributed by atoms with van der Waals surface area (Å²) in [5.74, 6) is 0.606. The predicted octanol–water partition coefficient (Wildman–Crippen LogP) is 5.08. The van der Waals surface area contributed by atoms with Crippen LogP contribution >= 0.6 is 0 Å². The van der Waals surface area contributed by atoms with Crippen LogP contribution in [0.3, 0.4) is 0 Å². The summed E-state index contributed by atoms with van der Waals surface area (Å²) in [5.41, 5.74) is 5.19. The van der Waals surface area contributed by atoms with Crippen LogP contribution in [0.25, 0.3) is 0 Å². The van der Waals surface area contributed by atoms with Gasteiger partial charge in [0.1, 0.15) is 0 Å². The third kappa shape index (κ3) is 3.93.